The molecule has 1 aliphatic heterocycles. The number of hydrogen-bond acceptors (Lipinski definition) is 3. The van der Waals surface area contributed by atoms with E-state index in [1.165, 1.54) is 32.5 Å². The summed E-state index contributed by atoms with van der Waals surface area (Å²) < 4.78 is 0. The van der Waals surface area contributed by atoms with E-state index in [9.17, 15) is 0 Å². The Kier molecular flexibility index (Phi) is 10.6. The number of nitrogens with zero attached hydrogens (tertiary/aromatic N) is 1. The van der Waals surface area contributed by atoms with Crippen LogP contribution in [-0.4, -0.2) is 42.8 Å². The van der Waals surface area contributed by atoms with Crippen LogP contribution in [0.2, 0.25) is 0 Å². The Morgan fingerprint density at radius 1 is 1.38 bits per heavy atom. The van der Waals surface area contributed by atoms with Crippen molar-refractivity contribution >= 4 is 0 Å². The number of hydrogen-bond donors (Lipinski definition) is 2. The normalized spacial score (nSPS) is 20.4. The number of rotatable bonds is 2. The predicted octanol–water partition coefficient (Wildman–Crippen LogP) is 1.07. The van der Waals surface area contributed by atoms with Crippen molar-refractivity contribution in [2.24, 2.45) is 11.7 Å². The van der Waals surface area contributed by atoms with Crippen LogP contribution >= 0.6 is 0 Å². The van der Waals surface area contributed by atoms with E-state index < -0.39 is 0 Å². The fraction of sp³-hybridized carbons (Fsp3) is 0.846. The van der Waals surface area contributed by atoms with E-state index in [0.717, 1.165) is 18.9 Å². The van der Waals surface area contributed by atoms with E-state index in [2.05, 4.69) is 23.7 Å². The number of aliphatic hydroxyl groups excluding tert-OH is 1. The minimum absolute atomic E-state index is 0.00611. The van der Waals surface area contributed by atoms with Crippen molar-refractivity contribution in [3.05, 3.63) is 0 Å². The maximum atomic E-state index is 8.02. The van der Waals surface area contributed by atoms with Gasteiger partial charge in [0.2, 0.25) is 0 Å². The standard InChI is InChI=1S/C8H18N2.C5H8O/c1-2-10-5-3-4-8(6-9)7-10;1-2-3-4-5-6/h8H,2-7,9H2,1H3;6H,2,5H2,1H3. The van der Waals surface area contributed by atoms with Crippen molar-refractivity contribution < 1.29 is 5.11 Å². The molecule has 0 bridgehead atoms. The molecule has 0 aromatic heterocycles. The molecule has 0 aromatic rings. The second kappa shape index (κ2) is 10.9. The van der Waals surface area contributed by atoms with Crippen LogP contribution in [-0.2, 0) is 0 Å². The van der Waals surface area contributed by atoms with Crippen molar-refractivity contribution in [1.82, 2.24) is 4.90 Å². The summed E-state index contributed by atoms with van der Waals surface area (Å²) in [5.41, 5.74) is 5.59. The lowest BCUT2D eigenvalue weighted by Crippen LogP contribution is -2.37. The van der Waals surface area contributed by atoms with Gasteiger partial charge in [0.15, 0.2) is 0 Å². The van der Waals surface area contributed by atoms with Gasteiger partial charge >= 0.3 is 0 Å². The van der Waals surface area contributed by atoms with E-state index in [1.807, 2.05) is 6.92 Å². The fourth-order valence-corrected chi connectivity index (χ4v) is 1.81. The molecule has 3 heteroatoms. The van der Waals surface area contributed by atoms with Gasteiger partial charge in [-0.25, -0.2) is 0 Å². The van der Waals surface area contributed by atoms with Gasteiger partial charge in [-0.15, -0.1) is 5.92 Å². The molecule has 1 rings (SSSR count). The maximum Gasteiger partial charge on any atom is 0.104 e. The first-order valence-electron chi connectivity index (χ1n) is 6.27. The summed E-state index contributed by atoms with van der Waals surface area (Å²) in [7, 11) is 0. The van der Waals surface area contributed by atoms with E-state index >= 15 is 0 Å². The van der Waals surface area contributed by atoms with Crippen LogP contribution in [0.4, 0.5) is 0 Å². The smallest absolute Gasteiger partial charge is 0.104 e. The van der Waals surface area contributed by atoms with Crippen molar-refractivity contribution in [2.45, 2.75) is 33.1 Å². The van der Waals surface area contributed by atoms with Gasteiger partial charge in [0.05, 0.1) is 0 Å². The van der Waals surface area contributed by atoms with Gasteiger partial charge in [-0.1, -0.05) is 19.8 Å². The summed E-state index contributed by atoms with van der Waals surface area (Å²) in [6.07, 6.45) is 3.52. The third-order valence-corrected chi connectivity index (χ3v) is 2.76. The quantitative estimate of drug-likeness (QED) is 0.693. The number of aliphatic hydroxyl groups is 1. The molecule has 0 aliphatic carbocycles. The molecule has 0 aromatic carbocycles. The van der Waals surface area contributed by atoms with Crippen molar-refractivity contribution in [2.75, 3.05) is 32.8 Å². The molecule has 3 N–H and O–H groups in total. The third-order valence-electron chi connectivity index (χ3n) is 2.76. The zero-order valence-corrected chi connectivity index (χ0v) is 10.7. The zero-order chi connectivity index (χ0) is 12.2. The molecule has 16 heavy (non-hydrogen) atoms. The van der Waals surface area contributed by atoms with E-state index in [0.29, 0.717) is 0 Å². The lowest BCUT2D eigenvalue weighted by atomic mass is 9.98. The van der Waals surface area contributed by atoms with Crippen molar-refractivity contribution in [3.8, 4) is 11.8 Å². The first-order chi connectivity index (χ1) is 7.78. The summed E-state index contributed by atoms with van der Waals surface area (Å²) in [6.45, 7) is 8.74. The van der Waals surface area contributed by atoms with Crippen LogP contribution in [0, 0.1) is 17.8 Å². The Balaban J connectivity index is 0.000000325. The van der Waals surface area contributed by atoms with Gasteiger partial charge in [0, 0.05) is 13.0 Å². The van der Waals surface area contributed by atoms with E-state index in [4.69, 9.17) is 10.8 Å². The highest BCUT2D eigenvalue weighted by atomic mass is 16.2. The second-order valence-corrected chi connectivity index (χ2v) is 4.00. The minimum Gasteiger partial charge on any atom is -0.384 e. The number of likely N-dealkylation sites (tertiary alicyclic amines) is 1. The number of piperidine rings is 1. The molecule has 94 valence electrons. The Bertz CT molecular complexity index is 190. The Morgan fingerprint density at radius 3 is 2.56 bits per heavy atom. The molecule has 0 amide bonds. The highest BCUT2D eigenvalue weighted by Crippen LogP contribution is 2.14. The Hall–Kier alpha value is -0.560. The minimum atomic E-state index is -0.00611. The maximum absolute atomic E-state index is 8.02. The fourth-order valence-electron chi connectivity index (χ4n) is 1.81. The van der Waals surface area contributed by atoms with Crippen LogP contribution in [0.1, 0.15) is 33.1 Å². The topological polar surface area (TPSA) is 49.5 Å². The molecule has 1 aliphatic rings. The highest BCUT2D eigenvalue weighted by Gasteiger charge is 2.16. The lowest BCUT2D eigenvalue weighted by Gasteiger charge is -2.30. The molecule has 1 atom stereocenters. The Labute approximate surface area is 100 Å². The monoisotopic (exact) mass is 226 g/mol. The zero-order valence-electron chi connectivity index (χ0n) is 10.7. The van der Waals surface area contributed by atoms with Gasteiger partial charge in [0.1, 0.15) is 6.61 Å². The Morgan fingerprint density at radius 2 is 2.12 bits per heavy atom. The van der Waals surface area contributed by atoms with E-state index in [1.54, 1.807) is 0 Å². The average molecular weight is 226 g/mol. The molecule has 1 fully saturated rings. The molecule has 0 radical (unpaired) electrons. The van der Waals surface area contributed by atoms with Gasteiger partial charge < -0.3 is 15.7 Å². The molecule has 1 heterocycles. The van der Waals surface area contributed by atoms with Crippen molar-refractivity contribution in [3.63, 3.8) is 0 Å². The first kappa shape index (κ1) is 15.4. The molecule has 3 nitrogen and oxygen atoms in total. The molecular weight excluding hydrogens is 200 g/mol. The average Bonchev–Trinajstić information content (AvgIpc) is 2.37. The molecule has 0 saturated carbocycles. The second-order valence-electron chi connectivity index (χ2n) is 4.00. The first-order valence-corrected chi connectivity index (χ1v) is 6.27. The summed E-state index contributed by atoms with van der Waals surface area (Å²) in [5.74, 6) is 5.97. The highest BCUT2D eigenvalue weighted by molar-refractivity contribution is 4.96. The van der Waals surface area contributed by atoms with Gasteiger partial charge in [-0.2, -0.15) is 0 Å². The summed E-state index contributed by atoms with van der Waals surface area (Å²) in [4.78, 5) is 2.49. The van der Waals surface area contributed by atoms with Gasteiger partial charge in [-0.05, 0) is 38.4 Å². The van der Waals surface area contributed by atoms with Gasteiger partial charge in [0.25, 0.3) is 0 Å². The van der Waals surface area contributed by atoms with E-state index in [-0.39, 0.29) is 6.61 Å². The molecular formula is C13H26N2O. The summed E-state index contributed by atoms with van der Waals surface area (Å²) in [5, 5.41) is 8.02. The third kappa shape index (κ3) is 7.70. The van der Waals surface area contributed by atoms with Crippen LogP contribution in [0.25, 0.3) is 0 Å². The SMILES string of the molecule is CCC#CCO.CCN1CCCC(CN)C1. The summed E-state index contributed by atoms with van der Waals surface area (Å²) >= 11 is 0. The van der Waals surface area contributed by atoms with Crippen LogP contribution in [0.3, 0.4) is 0 Å². The predicted molar refractivity (Wildman–Crippen MR) is 69.0 cm³/mol. The largest absolute Gasteiger partial charge is 0.384 e. The molecule has 0 spiro atoms. The summed E-state index contributed by atoms with van der Waals surface area (Å²) in [6, 6.07) is 0. The van der Waals surface area contributed by atoms with Crippen LogP contribution in [0.5, 0.6) is 0 Å². The molecule has 1 saturated heterocycles. The number of nitrogens with two attached hydrogens (primary N) is 1. The van der Waals surface area contributed by atoms with Crippen LogP contribution < -0.4 is 5.73 Å². The van der Waals surface area contributed by atoms with Gasteiger partial charge in [-0.3, -0.25) is 0 Å². The molecule has 1 unspecified atom stereocenters. The van der Waals surface area contributed by atoms with Crippen LogP contribution in [0.15, 0.2) is 0 Å². The van der Waals surface area contributed by atoms with Crippen molar-refractivity contribution in [1.29, 1.82) is 0 Å². The lowest BCUT2D eigenvalue weighted by molar-refractivity contribution is 0.186.